The zero-order valence-electron chi connectivity index (χ0n) is 12.5. The molecule has 0 amide bonds. The summed E-state index contributed by atoms with van der Waals surface area (Å²) in [6.07, 6.45) is 2.03. The van der Waals surface area contributed by atoms with Gasteiger partial charge in [-0.3, -0.25) is 18.1 Å². The molecule has 23 heavy (non-hydrogen) atoms. The van der Waals surface area contributed by atoms with Crippen molar-refractivity contribution in [3.8, 4) is 0 Å². The Hall–Kier alpha value is -1.58. The van der Waals surface area contributed by atoms with Crippen LogP contribution in [0.15, 0.2) is 12.5 Å². The van der Waals surface area contributed by atoms with Gasteiger partial charge in [0, 0.05) is 13.0 Å². The lowest BCUT2D eigenvalue weighted by Gasteiger charge is -2.30. The van der Waals surface area contributed by atoms with E-state index in [4.69, 9.17) is 24.0 Å². The van der Waals surface area contributed by atoms with Crippen molar-refractivity contribution >= 4 is 24.9 Å². The number of hydrogen-bond donors (Lipinski definition) is 1. The molecule has 2 aromatic rings. The number of rotatable bonds is 2. The quantitative estimate of drug-likeness (QED) is 0.800. The summed E-state index contributed by atoms with van der Waals surface area (Å²) < 4.78 is 35.5. The van der Waals surface area contributed by atoms with Gasteiger partial charge in [0.05, 0.1) is 19.1 Å². The second kappa shape index (κ2) is 5.22. The number of hydrogen-bond acceptors (Lipinski definition) is 9. The van der Waals surface area contributed by atoms with E-state index in [-0.39, 0.29) is 24.6 Å². The summed E-state index contributed by atoms with van der Waals surface area (Å²) in [5.41, 5.74) is 6.84. The normalized spacial score (nSPS) is 37.1. The highest BCUT2D eigenvalue weighted by molar-refractivity contribution is 7.48. The SMILES string of the molecule is COP1(=O)OC[C@H]2O[C@@H](n3cnc4cnc(N)nc43)C(C)[C@@H]2O1. The van der Waals surface area contributed by atoms with Gasteiger partial charge in [0.15, 0.2) is 5.65 Å². The number of anilines is 1. The molecule has 5 atom stereocenters. The van der Waals surface area contributed by atoms with E-state index >= 15 is 0 Å². The highest BCUT2D eigenvalue weighted by Crippen LogP contribution is 2.57. The Morgan fingerprint density at radius 1 is 1.48 bits per heavy atom. The van der Waals surface area contributed by atoms with Crippen LogP contribution in [0.1, 0.15) is 13.2 Å². The largest absolute Gasteiger partial charge is 0.474 e. The zero-order chi connectivity index (χ0) is 16.2. The van der Waals surface area contributed by atoms with Gasteiger partial charge in [0.25, 0.3) is 0 Å². The molecule has 0 aromatic carbocycles. The van der Waals surface area contributed by atoms with Crippen molar-refractivity contribution in [3.05, 3.63) is 12.5 Å². The van der Waals surface area contributed by atoms with Crippen molar-refractivity contribution in [2.75, 3.05) is 19.5 Å². The molecule has 2 saturated heterocycles. The summed E-state index contributed by atoms with van der Waals surface area (Å²) in [6, 6.07) is 0. The summed E-state index contributed by atoms with van der Waals surface area (Å²) >= 11 is 0. The van der Waals surface area contributed by atoms with Crippen LogP contribution in [0.2, 0.25) is 0 Å². The van der Waals surface area contributed by atoms with Crippen LogP contribution in [-0.2, 0) is 22.9 Å². The molecule has 2 aromatic heterocycles. The van der Waals surface area contributed by atoms with Gasteiger partial charge >= 0.3 is 7.82 Å². The lowest BCUT2D eigenvalue weighted by atomic mass is 10.0. The summed E-state index contributed by atoms with van der Waals surface area (Å²) in [6.45, 7) is 2.08. The maximum Gasteiger partial charge on any atom is 0.474 e. The average molecular weight is 341 g/mol. The predicted octanol–water partition coefficient (Wildman–Crippen LogP) is 1.11. The molecule has 2 fully saturated rings. The molecule has 2 unspecified atom stereocenters. The molecule has 10 nitrogen and oxygen atoms in total. The van der Waals surface area contributed by atoms with E-state index in [2.05, 4.69) is 15.0 Å². The van der Waals surface area contributed by atoms with Gasteiger partial charge in [-0.25, -0.2) is 14.5 Å². The minimum absolute atomic E-state index is 0.110. The molecular weight excluding hydrogens is 325 g/mol. The second-order valence-electron chi connectivity index (χ2n) is 5.51. The van der Waals surface area contributed by atoms with Crippen molar-refractivity contribution in [2.24, 2.45) is 5.92 Å². The average Bonchev–Trinajstić information content (AvgIpc) is 3.09. The third-order valence-electron chi connectivity index (χ3n) is 4.13. The molecule has 11 heteroatoms. The highest BCUT2D eigenvalue weighted by atomic mass is 31.2. The Balaban J connectivity index is 1.68. The van der Waals surface area contributed by atoms with Crippen LogP contribution >= 0.6 is 7.82 Å². The Kier molecular flexibility index (Phi) is 3.40. The molecule has 0 spiro atoms. The molecular formula is C12H16N5O5P. The molecule has 2 N–H and O–H groups in total. The van der Waals surface area contributed by atoms with Gasteiger partial charge in [-0.15, -0.1) is 0 Å². The number of imidazole rings is 1. The molecule has 0 radical (unpaired) electrons. The van der Waals surface area contributed by atoms with Crippen molar-refractivity contribution in [2.45, 2.75) is 25.4 Å². The number of nitrogen functional groups attached to an aromatic ring is 1. The van der Waals surface area contributed by atoms with Crippen LogP contribution in [0.25, 0.3) is 11.2 Å². The van der Waals surface area contributed by atoms with Crippen molar-refractivity contribution in [1.29, 1.82) is 0 Å². The monoisotopic (exact) mass is 341 g/mol. The summed E-state index contributed by atoms with van der Waals surface area (Å²) in [4.78, 5) is 12.4. The number of nitrogens with two attached hydrogens (primary N) is 1. The maximum atomic E-state index is 12.2. The minimum atomic E-state index is -3.51. The van der Waals surface area contributed by atoms with Crippen LogP contribution < -0.4 is 5.73 Å². The van der Waals surface area contributed by atoms with E-state index < -0.39 is 20.2 Å². The van der Waals surface area contributed by atoms with Crippen LogP contribution in [0.5, 0.6) is 0 Å². The zero-order valence-corrected chi connectivity index (χ0v) is 13.4. The van der Waals surface area contributed by atoms with E-state index in [9.17, 15) is 4.57 Å². The minimum Gasteiger partial charge on any atom is -0.368 e. The first kappa shape index (κ1) is 15.0. The number of phosphoric ester groups is 1. The first-order valence-electron chi connectivity index (χ1n) is 7.10. The molecule has 0 saturated carbocycles. The summed E-state index contributed by atoms with van der Waals surface area (Å²) in [5.74, 6) is 0.0479. The lowest BCUT2D eigenvalue weighted by molar-refractivity contribution is -0.0684. The van der Waals surface area contributed by atoms with Crippen LogP contribution in [0.3, 0.4) is 0 Å². The lowest BCUT2D eigenvalue weighted by Crippen LogP contribution is -2.36. The fourth-order valence-electron chi connectivity index (χ4n) is 2.96. The number of nitrogens with zero attached hydrogens (tertiary/aromatic N) is 4. The third kappa shape index (κ3) is 2.34. The Labute approximate surface area is 131 Å². The molecule has 2 aliphatic heterocycles. The smallest absolute Gasteiger partial charge is 0.368 e. The number of fused-ring (bicyclic) bond motifs is 2. The Morgan fingerprint density at radius 2 is 2.30 bits per heavy atom. The van der Waals surface area contributed by atoms with Crippen molar-refractivity contribution < 1.29 is 22.9 Å². The molecule has 124 valence electrons. The van der Waals surface area contributed by atoms with Gasteiger partial charge < -0.3 is 10.5 Å². The predicted molar refractivity (Wildman–Crippen MR) is 78.2 cm³/mol. The summed E-state index contributed by atoms with van der Waals surface area (Å²) in [5, 5.41) is 0. The van der Waals surface area contributed by atoms with E-state index in [1.807, 2.05) is 6.92 Å². The second-order valence-corrected chi connectivity index (χ2v) is 7.24. The molecule has 2 aliphatic rings. The fourth-order valence-corrected chi connectivity index (χ4v) is 4.17. The first-order chi connectivity index (χ1) is 11.0. The van der Waals surface area contributed by atoms with Crippen LogP contribution in [-0.4, -0.2) is 45.4 Å². The van der Waals surface area contributed by atoms with Gasteiger partial charge in [0.1, 0.15) is 24.0 Å². The van der Waals surface area contributed by atoms with Crippen molar-refractivity contribution in [3.63, 3.8) is 0 Å². The fraction of sp³-hybridized carbons (Fsp3) is 0.583. The standard InChI is InChI=1S/C12H16N5O5P/c1-6-9-8(4-20-23(18,19-2)22-9)21-11(6)17-5-15-7-3-14-12(13)16-10(7)17/h3,5-6,8-9,11H,4H2,1-2H3,(H2,13,14,16)/t6?,8-,9+,11-,23?/m1/s1. The number of ether oxygens (including phenoxy) is 1. The molecule has 4 heterocycles. The highest BCUT2D eigenvalue weighted by Gasteiger charge is 2.51. The van der Waals surface area contributed by atoms with Crippen molar-refractivity contribution in [1.82, 2.24) is 19.5 Å². The third-order valence-corrected chi connectivity index (χ3v) is 5.54. The van der Waals surface area contributed by atoms with Gasteiger partial charge in [-0.2, -0.15) is 4.98 Å². The molecule has 0 aliphatic carbocycles. The van der Waals surface area contributed by atoms with E-state index in [1.54, 1.807) is 17.1 Å². The van der Waals surface area contributed by atoms with E-state index in [0.29, 0.717) is 11.2 Å². The topological polar surface area (TPSA) is 124 Å². The van der Waals surface area contributed by atoms with Gasteiger partial charge in [0.2, 0.25) is 5.95 Å². The maximum absolute atomic E-state index is 12.2. The van der Waals surface area contributed by atoms with Gasteiger partial charge in [-0.1, -0.05) is 6.92 Å². The van der Waals surface area contributed by atoms with Gasteiger partial charge in [-0.05, 0) is 0 Å². The first-order valence-corrected chi connectivity index (χ1v) is 8.56. The van der Waals surface area contributed by atoms with E-state index in [0.717, 1.165) is 0 Å². The molecule has 0 bridgehead atoms. The Bertz CT molecular complexity index is 797. The summed E-state index contributed by atoms with van der Waals surface area (Å²) in [7, 11) is -2.22. The molecule has 4 rings (SSSR count). The Morgan fingerprint density at radius 3 is 3.09 bits per heavy atom. The number of phosphoric acid groups is 1. The number of aromatic nitrogens is 4. The van der Waals surface area contributed by atoms with E-state index in [1.165, 1.54) is 7.11 Å². The van der Waals surface area contributed by atoms with Crippen LogP contribution in [0, 0.1) is 5.92 Å². The van der Waals surface area contributed by atoms with Crippen LogP contribution in [0.4, 0.5) is 5.95 Å².